The quantitative estimate of drug-likeness (QED) is 0.867. The normalized spacial score (nSPS) is 14.3. The number of thiophene rings is 1. The molecule has 1 amide bonds. The number of hydrogen-bond donors (Lipinski definition) is 1. The van der Waals surface area contributed by atoms with E-state index in [0.717, 1.165) is 17.7 Å². The van der Waals surface area contributed by atoms with E-state index in [1.165, 1.54) is 40.3 Å². The molecule has 0 atom stereocenters. The van der Waals surface area contributed by atoms with Gasteiger partial charge in [-0.2, -0.15) is 0 Å². The van der Waals surface area contributed by atoms with Crippen LogP contribution in [0.25, 0.3) is 0 Å². The lowest BCUT2D eigenvalue weighted by atomic mass is 10.1. The number of amides is 1. The number of aryl methyl sites for hydroxylation is 3. The summed E-state index contributed by atoms with van der Waals surface area (Å²) in [5.41, 5.74) is 1.89. The third-order valence-electron chi connectivity index (χ3n) is 3.81. The Hall–Kier alpha value is -1.88. The van der Waals surface area contributed by atoms with Crippen molar-refractivity contribution < 1.29 is 4.79 Å². The van der Waals surface area contributed by atoms with Gasteiger partial charge in [-0.3, -0.25) is 9.59 Å². The van der Waals surface area contributed by atoms with Crippen LogP contribution in [0.3, 0.4) is 0 Å². The Balaban J connectivity index is 1.79. The summed E-state index contributed by atoms with van der Waals surface area (Å²) in [4.78, 5) is 25.8. The molecule has 2 heterocycles. The van der Waals surface area contributed by atoms with E-state index in [2.05, 4.69) is 5.32 Å². The van der Waals surface area contributed by atoms with Gasteiger partial charge in [0.05, 0.1) is 10.6 Å². The number of pyridine rings is 1. The molecule has 2 aromatic rings. The molecule has 4 nitrogen and oxygen atoms in total. The Kier molecular flexibility index (Phi) is 3.92. The fraction of sp³-hybridized carbons (Fsp3) is 0.375. The largest absolute Gasteiger partial charge is 0.320 e. The number of aromatic nitrogens is 1. The first-order valence-corrected chi connectivity index (χ1v) is 8.05. The summed E-state index contributed by atoms with van der Waals surface area (Å²) >= 11 is 1.60. The number of fused-ring (bicyclic) bond motifs is 1. The molecule has 2 aromatic heterocycles. The number of nitrogens with one attached hydrogen (secondary N) is 1. The van der Waals surface area contributed by atoms with Crippen LogP contribution in [0, 0.1) is 0 Å². The minimum atomic E-state index is -0.0910. The van der Waals surface area contributed by atoms with Gasteiger partial charge in [-0.25, -0.2) is 0 Å². The van der Waals surface area contributed by atoms with Crippen molar-refractivity contribution in [1.82, 2.24) is 4.57 Å². The second kappa shape index (κ2) is 5.85. The molecule has 110 valence electrons. The van der Waals surface area contributed by atoms with Crippen LogP contribution < -0.4 is 10.9 Å². The molecule has 0 aliphatic heterocycles. The molecular formula is C16H18N2O2S. The summed E-state index contributed by atoms with van der Waals surface area (Å²) in [6.45, 7) is 0. The second-order valence-corrected chi connectivity index (χ2v) is 6.58. The van der Waals surface area contributed by atoms with E-state index in [-0.39, 0.29) is 11.5 Å². The predicted octanol–water partition coefficient (Wildman–Crippen LogP) is 2.97. The first kappa shape index (κ1) is 14.1. The fourth-order valence-electron chi connectivity index (χ4n) is 2.64. The summed E-state index contributed by atoms with van der Waals surface area (Å²) < 4.78 is 1.46. The van der Waals surface area contributed by atoms with Crippen molar-refractivity contribution in [3.8, 4) is 0 Å². The number of hydrogen-bond acceptors (Lipinski definition) is 3. The van der Waals surface area contributed by atoms with Gasteiger partial charge in [-0.15, -0.1) is 11.3 Å². The third kappa shape index (κ3) is 3.08. The van der Waals surface area contributed by atoms with Gasteiger partial charge >= 0.3 is 0 Å². The maximum atomic E-state index is 12.3. The van der Waals surface area contributed by atoms with Crippen LogP contribution in [0.1, 0.15) is 39.4 Å². The lowest BCUT2D eigenvalue weighted by Gasteiger charge is -2.05. The van der Waals surface area contributed by atoms with E-state index in [1.54, 1.807) is 30.6 Å². The van der Waals surface area contributed by atoms with Gasteiger partial charge in [0.25, 0.3) is 5.91 Å². The summed E-state index contributed by atoms with van der Waals surface area (Å²) in [5.74, 6) is -0.0910. The zero-order valence-corrected chi connectivity index (χ0v) is 12.8. The Morgan fingerprint density at radius 2 is 2.05 bits per heavy atom. The van der Waals surface area contributed by atoms with E-state index in [0.29, 0.717) is 5.69 Å². The molecule has 0 saturated heterocycles. The van der Waals surface area contributed by atoms with Gasteiger partial charge in [-0.05, 0) is 43.4 Å². The molecule has 0 unspecified atom stereocenters. The maximum Gasteiger partial charge on any atom is 0.265 e. The molecule has 1 aliphatic rings. The number of carbonyl (C=O) groups excluding carboxylic acids is 1. The molecule has 1 aliphatic carbocycles. The van der Waals surface area contributed by atoms with E-state index in [9.17, 15) is 9.59 Å². The van der Waals surface area contributed by atoms with Crippen molar-refractivity contribution in [2.45, 2.75) is 32.1 Å². The van der Waals surface area contributed by atoms with Gasteiger partial charge in [-0.1, -0.05) is 6.42 Å². The van der Waals surface area contributed by atoms with Crippen LogP contribution in [-0.4, -0.2) is 10.5 Å². The van der Waals surface area contributed by atoms with Crippen molar-refractivity contribution in [2.75, 3.05) is 5.32 Å². The molecule has 0 radical (unpaired) electrons. The topological polar surface area (TPSA) is 51.1 Å². The molecule has 5 heteroatoms. The summed E-state index contributed by atoms with van der Waals surface area (Å²) in [5, 5.41) is 2.86. The van der Waals surface area contributed by atoms with Crippen molar-refractivity contribution >= 4 is 22.9 Å². The first-order valence-electron chi connectivity index (χ1n) is 7.23. The zero-order chi connectivity index (χ0) is 14.8. The highest BCUT2D eigenvalue weighted by atomic mass is 32.1. The first-order chi connectivity index (χ1) is 10.1. The molecule has 0 bridgehead atoms. The van der Waals surface area contributed by atoms with Crippen molar-refractivity contribution in [3.63, 3.8) is 0 Å². The Bertz CT molecular complexity index is 707. The summed E-state index contributed by atoms with van der Waals surface area (Å²) in [7, 11) is 1.67. The second-order valence-electron chi connectivity index (χ2n) is 5.44. The van der Waals surface area contributed by atoms with Crippen molar-refractivity contribution in [2.24, 2.45) is 7.05 Å². The van der Waals surface area contributed by atoms with Gasteiger partial charge < -0.3 is 9.88 Å². The molecule has 0 saturated carbocycles. The monoisotopic (exact) mass is 302 g/mol. The molecule has 21 heavy (non-hydrogen) atoms. The van der Waals surface area contributed by atoms with Crippen LogP contribution in [-0.2, 0) is 19.9 Å². The number of rotatable bonds is 2. The van der Waals surface area contributed by atoms with E-state index in [4.69, 9.17) is 0 Å². The predicted molar refractivity (Wildman–Crippen MR) is 85.2 cm³/mol. The van der Waals surface area contributed by atoms with Crippen LogP contribution in [0.15, 0.2) is 29.2 Å². The zero-order valence-electron chi connectivity index (χ0n) is 12.0. The van der Waals surface area contributed by atoms with Gasteiger partial charge in [0, 0.05) is 24.2 Å². The summed E-state index contributed by atoms with van der Waals surface area (Å²) in [6, 6.07) is 5.13. The molecule has 0 aromatic carbocycles. The Morgan fingerprint density at radius 3 is 2.86 bits per heavy atom. The van der Waals surface area contributed by atoms with Crippen molar-refractivity contribution in [1.29, 1.82) is 0 Å². The molecule has 1 N–H and O–H groups in total. The average molecular weight is 302 g/mol. The molecule has 3 rings (SSSR count). The number of nitrogens with zero attached hydrogens (tertiary/aromatic N) is 1. The lowest BCUT2D eigenvalue weighted by molar-refractivity contribution is 0.103. The van der Waals surface area contributed by atoms with Crippen LogP contribution in [0.5, 0.6) is 0 Å². The minimum absolute atomic E-state index is 0.0872. The molecule has 0 fully saturated rings. The Labute approximate surface area is 127 Å². The number of carbonyl (C=O) groups is 1. The summed E-state index contributed by atoms with van der Waals surface area (Å²) in [6.07, 6.45) is 7.52. The standard InChI is InChI=1S/C16H18N2O2S/c1-18-10-12(7-8-15(18)19)17-16(20)14-9-11-5-3-2-4-6-13(11)21-14/h7-10H,2-6H2,1H3,(H,17,20). The van der Waals surface area contributed by atoms with Gasteiger partial charge in [0.15, 0.2) is 0 Å². The van der Waals surface area contributed by atoms with Crippen LogP contribution in [0.2, 0.25) is 0 Å². The number of anilines is 1. The van der Waals surface area contributed by atoms with E-state index < -0.39 is 0 Å². The van der Waals surface area contributed by atoms with Gasteiger partial charge in [0.1, 0.15) is 0 Å². The highest BCUT2D eigenvalue weighted by molar-refractivity contribution is 7.14. The fourth-order valence-corrected chi connectivity index (χ4v) is 3.79. The van der Waals surface area contributed by atoms with Crippen molar-refractivity contribution in [3.05, 3.63) is 50.1 Å². The van der Waals surface area contributed by atoms with Gasteiger partial charge in [0.2, 0.25) is 5.56 Å². The SMILES string of the molecule is Cn1cc(NC(=O)c2cc3c(s2)CCCCC3)ccc1=O. The van der Waals surface area contributed by atoms with Crippen LogP contribution in [0.4, 0.5) is 5.69 Å². The molecule has 0 spiro atoms. The lowest BCUT2D eigenvalue weighted by Crippen LogP contribution is -2.17. The Morgan fingerprint density at radius 1 is 1.24 bits per heavy atom. The highest BCUT2D eigenvalue weighted by Crippen LogP contribution is 2.29. The molecular weight excluding hydrogens is 284 g/mol. The van der Waals surface area contributed by atoms with E-state index in [1.807, 2.05) is 6.07 Å². The highest BCUT2D eigenvalue weighted by Gasteiger charge is 2.16. The van der Waals surface area contributed by atoms with E-state index >= 15 is 0 Å². The average Bonchev–Trinajstić information content (AvgIpc) is 2.74. The minimum Gasteiger partial charge on any atom is -0.320 e. The maximum absolute atomic E-state index is 12.3. The third-order valence-corrected chi connectivity index (χ3v) is 5.05. The van der Waals surface area contributed by atoms with Crippen LogP contribution >= 0.6 is 11.3 Å². The smallest absolute Gasteiger partial charge is 0.265 e.